The van der Waals surface area contributed by atoms with Crippen LogP contribution >= 0.6 is 15.9 Å². The third-order valence-electron chi connectivity index (χ3n) is 2.45. The van der Waals surface area contributed by atoms with Gasteiger partial charge in [-0.1, -0.05) is 6.92 Å². The largest absolute Gasteiger partial charge is 0.311 e. The zero-order valence-corrected chi connectivity index (χ0v) is 11.5. The Labute approximate surface area is 109 Å². The smallest absolute Gasteiger partial charge is 0.140 e. The molecule has 0 bridgehead atoms. The standard InChI is InChI=1S/C12H15BrN4/c1-3-14-6-11-7-17(8-16-11)12-9(2)4-10(13)5-15-12/h4-5,7-8,14H,3,6H2,1-2H3. The lowest BCUT2D eigenvalue weighted by Crippen LogP contribution is -2.11. The summed E-state index contributed by atoms with van der Waals surface area (Å²) in [5.41, 5.74) is 2.14. The number of hydrogen-bond acceptors (Lipinski definition) is 3. The molecule has 2 rings (SSSR count). The summed E-state index contributed by atoms with van der Waals surface area (Å²) in [7, 11) is 0. The molecule has 0 aliphatic carbocycles. The predicted octanol–water partition coefficient (Wildman–Crippen LogP) is 2.45. The highest BCUT2D eigenvalue weighted by Gasteiger charge is 2.05. The van der Waals surface area contributed by atoms with Crippen LogP contribution in [-0.2, 0) is 6.54 Å². The summed E-state index contributed by atoms with van der Waals surface area (Å²) >= 11 is 3.41. The topological polar surface area (TPSA) is 42.7 Å². The Balaban J connectivity index is 2.24. The van der Waals surface area contributed by atoms with E-state index < -0.39 is 0 Å². The number of aryl methyl sites for hydroxylation is 1. The van der Waals surface area contributed by atoms with Gasteiger partial charge in [0.05, 0.1) is 5.69 Å². The van der Waals surface area contributed by atoms with E-state index in [4.69, 9.17) is 0 Å². The van der Waals surface area contributed by atoms with Crippen molar-refractivity contribution < 1.29 is 0 Å². The maximum absolute atomic E-state index is 4.40. The number of aromatic nitrogens is 3. The van der Waals surface area contributed by atoms with E-state index in [-0.39, 0.29) is 0 Å². The average Bonchev–Trinajstić information content (AvgIpc) is 2.75. The molecule has 0 aliphatic heterocycles. The lowest BCUT2D eigenvalue weighted by molar-refractivity contribution is 0.713. The molecule has 0 radical (unpaired) electrons. The van der Waals surface area contributed by atoms with Crippen LogP contribution in [0.15, 0.2) is 29.3 Å². The fourth-order valence-electron chi connectivity index (χ4n) is 1.63. The molecule has 2 aromatic heterocycles. The lowest BCUT2D eigenvalue weighted by Gasteiger charge is -2.05. The Morgan fingerprint density at radius 3 is 2.94 bits per heavy atom. The second-order valence-corrected chi connectivity index (χ2v) is 4.76. The maximum Gasteiger partial charge on any atom is 0.140 e. The zero-order chi connectivity index (χ0) is 12.3. The fraction of sp³-hybridized carbons (Fsp3) is 0.333. The van der Waals surface area contributed by atoms with Crippen molar-refractivity contribution in [2.75, 3.05) is 6.54 Å². The normalized spacial score (nSPS) is 10.8. The van der Waals surface area contributed by atoms with Crippen LogP contribution in [0, 0.1) is 6.92 Å². The summed E-state index contributed by atoms with van der Waals surface area (Å²) in [4.78, 5) is 8.74. The van der Waals surface area contributed by atoms with Gasteiger partial charge < -0.3 is 5.32 Å². The SMILES string of the molecule is CCNCc1cn(-c2ncc(Br)cc2C)cn1. The Morgan fingerprint density at radius 1 is 1.41 bits per heavy atom. The Morgan fingerprint density at radius 2 is 2.24 bits per heavy atom. The van der Waals surface area contributed by atoms with Gasteiger partial charge in [0.2, 0.25) is 0 Å². The first-order valence-electron chi connectivity index (χ1n) is 5.57. The second-order valence-electron chi connectivity index (χ2n) is 3.85. The highest BCUT2D eigenvalue weighted by molar-refractivity contribution is 9.10. The summed E-state index contributed by atoms with van der Waals surface area (Å²) in [5.74, 6) is 0.920. The highest BCUT2D eigenvalue weighted by atomic mass is 79.9. The van der Waals surface area contributed by atoms with Crippen LogP contribution in [0.5, 0.6) is 0 Å². The van der Waals surface area contributed by atoms with Gasteiger partial charge in [-0.15, -0.1) is 0 Å². The number of pyridine rings is 1. The van der Waals surface area contributed by atoms with Crippen molar-refractivity contribution in [2.24, 2.45) is 0 Å². The van der Waals surface area contributed by atoms with Crippen LogP contribution in [0.2, 0.25) is 0 Å². The Kier molecular flexibility index (Phi) is 3.91. The van der Waals surface area contributed by atoms with Crippen molar-refractivity contribution in [1.29, 1.82) is 0 Å². The van der Waals surface area contributed by atoms with Gasteiger partial charge >= 0.3 is 0 Å². The lowest BCUT2D eigenvalue weighted by atomic mass is 10.3. The van der Waals surface area contributed by atoms with Gasteiger partial charge in [-0.25, -0.2) is 9.97 Å². The van der Waals surface area contributed by atoms with Crippen LogP contribution in [0.4, 0.5) is 0 Å². The van der Waals surface area contributed by atoms with Crippen molar-refractivity contribution >= 4 is 15.9 Å². The van der Waals surface area contributed by atoms with Gasteiger partial charge in [-0.3, -0.25) is 4.57 Å². The molecule has 0 aromatic carbocycles. The van der Waals surface area contributed by atoms with Crippen molar-refractivity contribution in [3.8, 4) is 5.82 Å². The number of rotatable bonds is 4. The molecule has 0 aliphatic rings. The number of hydrogen-bond donors (Lipinski definition) is 1. The molecule has 2 heterocycles. The minimum absolute atomic E-state index is 0.791. The summed E-state index contributed by atoms with van der Waals surface area (Å²) in [6.07, 6.45) is 5.61. The van der Waals surface area contributed by atoms with E-state index in [2.05, 4.69) is 38.1 Å². The Bertz CT molecular complexity index is 507. The molecule has 2 aromatic rings. The quantitative estimate of drug-likeness (QED) is 0.942. The van der Waals surface area contributed by atoms with Crippen molar-refractivity contribution in [2.45, 2.75) is 20.4 Å². The molecule has 0 spiro atoms. The summed E-state index contributed by atoms with van der Waals surface area (Å²) in [6, 6.07) is 2.05. The predicted molar refractivity (Wildman–Crippen MR) is 71.2 cm³/mol. The van der Waals surface area contributed by atoms with Crippen LogP contribution in [0.3, 0.4) is 0 Å². The molecule has 0 unspecified atom stereocenters. The molecule has 90 valence electrons. The molecule has 0 atom stereocenters. The molecular weight excluding hydrogens is 280 g/mol. The zero-order valence-electron chi connectivity index (χ0n) is 9.94. The summed E-state index contributed by atoms with van der Waals surface area (Å²) in [5, 5.41) is 3.25. The van der Waals surface area contributed by atoms with Gasteiger partial charge in [0, 0.05) is 23.4 Å². The maximum atomic E-state index is 4.40. The number of nitrogens with zero attached hydrogens (tertiary/aromatic N) is 3. The van der Waals surface area contributed by atoms with Gasteiger partial charge in [-0.05, 0) is 41.0 Å². The van der Waals surface area contributed by atoms with E-state index in [1.54, 1.807) is 12.5 Å². The van der Waals surface area contributed by atoms with Gasteiger partial charge in [0.1, 0.15) is 12.1 Å². The van der Waals surface area contributed by atoms with Crippen LogP contribution in [-0.4, -0.2) is 21.1 Å². The van der Waals surface area contributed by atoms with E-state index in [1.807, 2.05) is 23.8 Å². The third-order valence-corrected chi connectivity index (χ3v) is 2.89. The molecule has 17 heavy (non-hydrogen) atoms. The number of imidazole rings is 1. The first kappa shape index (κ1) is 12.3. The van der Waals surface area contributed by atoms with Crippen molar-refractivity contribution in [3.05, 3.63) is 40.5 Å². The molecule has 0 amide bonds. The number of nitrogens with one attached hydrogen (secondary N) is 1. The summed E-state index contributed by atoms with van der Waals surface area (Å²) in [6.45, 7) is 5.86. The molecular formula is C12H15BrN4. The third kappa shape index (κ3) is 2.92. The Hall–Kier alpha value is -1.20. The van der Waals surface area contributed by atoms with Crippen molar-refractivity contribution in [1.82, 2.24) is 19.9 Å². The average molecular weight is 295 g/mol. The first-order chi connectivity index (χ1) is 8.20. The molecule has 4 nitrogen and oxygen atoms in total. The van der Waals surface area contributed by atoms with Crippen LogP contribution in [0.1, 0.15) is 18.2 Å². The second kappa shape index (κ2) is 5.42. The number of halogens is 1. The van der Waals surface area contributed by atoms with Crippen molar-refractivity contribution in [3.63, 3.8) is 0 Å². The molecule has 0 fully saturated rings. The van der Waals surface area contributed by atoms with Gasteiger partial charge in [0.15, 0.2) is 0 Å². The van der Waals surface area contributed by atoms with Gasteiger partial charge in [-0.2, -0.15) is 0 Å². The molecule has 0 saturated heterocycles. The van der Waals surface area contributed by atoms with E-state index in [9.17, 15) is 0 Å². The van der Waals surface area contributed by atoms with E-state index >= 15 is 0 Å². The minimum Gasteiger partial charge on any atom is -0.311 e. The van der Waals surface area contributed by atoms with E-state index in [0.717, 1.165) is 34.6 Å². The molecule has 0 saturated carbocycles. The molecule has 1 N–H and O–H groups in total. The van der Waals surface area contributed by atoms with Gasteiger partial charge in [0.25, 0.3) is 0 Å². The first-order valence-corrected chi connectivity index (χ1v) is 6.36. The van der Waals surface area contributed by atoms with Crippen LogP contribution < -0.4 is 5.32 Å². The highest BCUT2D eigenvalue weighted by Crippen LogP contribution is 2.16. The van der Waals surface area contributed by atoms with E-state index in [0.29, 0.717) is 0 Å². The van der Waals surface area contributed by atoms with E-state index in [1.165, 1.54) is 0 Å². The fourth-order valence-corrected chi connectivity index (χ4v) is 2.07. The minimum atomic E-state index is 0.791. The van der Waals surface area contributed by atoms with Crippen LogP contribution in [0.25, 0.3) is 5.82 Å². The molecule has 5 heteroatoms. The summed E-state index contributed by atoms with van der Waals surface area (Å²) < 4.78 is 2.95. The monoisotopic (exact) mass is 294 g/mol.